The highest BCUT2D eigenvalue weighted by atomic mass is 16.5. The van der Waals surface area contributed by atoms with E-state index in [0.29, 0.717) is 0 Å². The summed E-state index contributed by atoms with van der Waals surface area (Å²) in [5, 5.41) is 2.33. The van der Waals surface area contributed by atoms with Crippen LogP contribution >= 0.6 is 0 Å². The molecule has 0 heterocycles. The van der Waals surface area contributed by atoms with Crippen molar-refractivity contribution in [2.75, 3.05) is 28.4 Å². The fraction of sp³-hybridized carbons (Fsp3) is 0.133. The zero-order valence-electron chi connectivity index (χ0n) is 19.9. The highest BCUT2D eigenvalue weighted by Gasteiger charge is 2.06. The van der Waals surface area contributed by atoms with E-state index in [9.17, 15) is 0 Å². The van der Waals surface area contributed by atoms with Gasteiger partial charge in [0.05, 0.1) is 28.4 Å². The second kappa shape index (κ2) is 10.6. The molecule has 34 heavy (non-hydrogen) atoms. The van der Waals surface area contributed by atoms with Crippen molar-refractivity contribution >= 4 is 35.1 Å². The second-order valence-corrected chi connectivity index (χ2v) is 7.67. The van der Waals surface area contributed by atoms with Gasteiger partial charge in [-0.15, -0.1) is 0 Å². The second-order valence-electron chi connectivity index (χ2n) is 7.67. The van der Waals surface area contributed by atoms with E-state index in [1.807, 2.05) is 36.4 Å². The molecule has 4 heteroatoms. The molecule has 0 saturated carbocycles. The molecule has 0 N–H and O–H groups in total. The third kappa shape index (κ3) is 4.91. The van der Waals surface area contributed by atoms with E-state index < -0.39 is 0 Å². The lowest BCUT2D eigenvalue weighted by atomic mass is 9.98. The van der Waals surface area contributed by atoms with Crippen LogP contribution < -0.4 is 18.9 Å². The van der Waals surface area contributed by atoms with Gasteiger partial charge in [-0.25, -0.2) is 0 Å². The minimum absolute atomic E-state index is 0.791. The van der Waals surface area contributed by atoms with Crippen LogP contribution in [0.5, 0.6) is 23.0 Å². The maximum atomic E-state index is 5.51. The van der Waals surface area contributed by atoms with E-state index in [4.69, 9.17) is 18.9 Å². The molecule has 0 saturated heterocycles. The molecule has 4 nitrogen and oxygen atoms in total. The van der Waals surface area contributed by atoms with E-state index in [1.165, 1.54) is 10.8 Å². The number of hydrogen-bond acceptors (Lipinski definition) is 4. The summed E-state index contributed by atoms with van der Waals surface area (Å²) >= 11 is 0. The first-order valence-corrected chi connectivity index (χ1v) is 11.0. The lowest BCUT2D eigenvalue weighted by molar-refractivity contribution is 0.402. The summed E-state index contributed by atoms with van der Waals surface area (Å²) in [7, 11) is 6.67. The maximum Gasteiger partial charge on any atom is 0.126 e. The van der Waals surface area contributed by atoms with Crippen LogP contribution in [0.1, 0.15) is 22.3 Å². The average molecular weight is 453 g/mol. The van der Waals surface area contributed by atoms with Gasteiger partial charge in [0.2, 0.25) is 0 Å². The Labute approximate surface area is 200 Å². The summed E-state index contributed by atoms with van der Waals surface area (Å²) in [4.78, 5) is 0. The zero-order valence-corrected chi connectivity index (χ0v) is 19.9. The molecule has 0 unspecified atom stereocenters. The monoisotopic (exact) mass is 452 g/mol. The average Bonchev–Trinajstić information content (AvgIpc) is 2.90. The van der Waals surface area contributed by atoms with Crippen LogP contribution in [-0.2, 0) is 0 Å². The molecule has 4 rings (SSSR count). The van der Waals surface area contributed by atoms with Crippen molar-refractivity contribution in [3.63, 3.8) is 0 Å². The minimum atomic E-state index is 0.791. The number of fused-ring (bicyclic) bond motifs is 1. The molecule has 0 aliphatic heterocycles. The lowest BCUT2D eigenvalue weighted by Gasteiger charge is -2.09. The predicted molar refractivity (Wildman–Crippen MR) is 141 cm³/mol. The fourth-order valence-electron chi connectivity index (χ4n) is 3.93. The van der Waals surface area contributed by atoms with Crippen LogP contribution in [-0.4, -0.2) is 28.4 Å². The summed E-state index contributed by atoms with van der Waals surface area (Å²) in [5.74, 6) is 3.18. The molecular weight excluding hydrogens is 424 g/mol. The molecule has 172 valence electrons. The van der Waals surface area contributed by atoms with Gasteiger partial charge in [0.15, 0.2) is 0 Å². The molecule has 0 aliphatic carbocycles. The van der Waals surface area contributed by atoms with Crippen molar-refractivity contribution in [3.8, 4) is 23.0 Å². The van der Waals surface area contributed by atoms with Crippen molar-refractivity contribution < 1.29 is 18.9 Å². The van der Waals surface area contributed by atoms with E-state index >= 15 is 0 Å². The summed E-state index contributed by atoms with van der Waals surface area (Å²) in [6.45, 7) is 0. The molecule has 0 aromatic heterocycles. The minimum Gasteiger partial charge on any atom is -0.497 e. The molecule has 4 aromatic carbocycles. The summed E-state index contributed by atoms with van der Waals surface area (Å²) < 4.78 is 21.8. The Balaban J connectivity index is 1.72. The van der Waals surface area contributed by atoms with Gasteiger partial charge in [-0.05, 0) is 58.3 Å². The van der Waals surface area contributed by atoms with Crippen LogP contribution in [0.3, 0.4) is 0 Å². The predicted octanol–water partition coefficient (Wildman–Crippen LogP) is 7.22. The Bertz CT molecular complexity index is 1250. The number of rotatable bonds is 8. The molecular formula is C30H28O4. The van der Waals surface area contributed by atoms with E-state index in [2.05, 4.69) is 60.7 Å². The van der Waals surface area contributed by atoms with Gasteiger partial charge in [0, 0.05) is 11.1 Å². The third-order valence-corrected chi connectivity index (χ3v) is 5.75. The Morgan fingerprint density at radius 2 is 0.853 bits per heavy atom. The van der Waals surface area contributed by atoms with Crippen molar-refractivity contribution in [2.24, 2.45) is 0 Å². The summed E-state index contributed by atoms with van der Waals surface area (Å²) in [6.07, 6.45) is 8.33. The number of methoxy groups -OCH3 is 4. The maximum absolute atomic E-state index is 5.51. The smallest absolute Gasteiger partial charge is 0.126 e. The normalized spacial score (nSPS) is 11.3. The van der Waals surface area contributed by atoms with Crippen LogP contribution in [0.15, 0.2) is 72.8 Å². The Kier molecular flexibility index (Phi) is 7.19. The van der Waals surface area contributed by atoms with Crippen molar-refractivity contribution in [1.82, 2.24) is 0 Å². The standard InChI is InChI=1S/C30H28O4/c1-31-25-15-17-29(33-3)23(19-25)13-11-21-9-10-22(28-8-6-5-7-27(21)28)12-14-24-20-26(32-2)16-18-30(24)34-4/h5-20H,1-4H3/b13-11+,14-12+. The molecule has 4 aromatic rings. The van der Waals surface area contributed by atoms with Crippen LogP contribution in [0.25, 0.3) is 35.1 Å². The molecule has 0 aliphatic rings. The van der Waals surface area contributed by atoms with Crippen LogP contribution in [0.4, 0.5) is 0 Å². The summed E-state index contributed by atoms with van der Waals surface area (Å²) in [6, 6.07) is 24.2. The topological polar surface area (TPSA) is 36.9 Å². The van der Waals surface area contributed by atoms with Gasteiger partial charge >= 0.3 is 0 Å². The molecule has 0 atom stereocenters. The van der Waals surface area contributed by atoms with Crippen LogP contribution in [0, 0.1) is 0 Å². The number of hydrogen-bond donors (Lipinski definition) is 0. The molecule has 0 radical (unpaired) electrons. The van der Waals surface area contributed by atoms with E-state index in [0.717, 1.165) is 45.3 Å². The highest BCUT2D eigenvalue weighted by molar-refractivity contribution is 5.99. The Hall–Kier alpha value is -4.18. The molecule has 0 fully saturated rings. The van der Waals surface area contributed by atoms with Gasteiger partial charge in [-0.3, -0.25) is 0 Å². The molecule has 0 amide bonds. The van der Waals surface area contributed by atoms with Gasteiger partial charge in [-0.1, -0.05) is 60.7 Å². The van der Waals surface area contributed by atoms with E-state index in [1.54, 1.807) is 28.4 Å². The first-order valence-electron chi connectivity index (χ1n) is 11.0. The third-order valence-electron chi connectivity index (χ3n) is 5.75. The SMILES string of the molecule is COc1ccc(OC)c(/C=C/c2ccc(/C=C/c3cc(OC)ccc3OC)c3ccccc23)c1. The fourth-order valence-corrected chi connectivity index (χ4v) is 3.93. The van der Waals surface area contributed by atoms with Gasteiger partial charge in [0.25, 0.3) is 0 Å². The van der Waals surface area contributed by atoms with Gasteiger partial charge in [-0.2, -0.15) is 0 Å². The number of benzene rings is 4. The highest BCUT2D eigenvalue weighted by Crippen LogP contribution is 2.30. The zero-order chi connectivity index (χ0) is 23.9. The van der Waals surface area contributed by atoms with E-state index in [-0.39, 0.29) is 0 Å². The summed E-state index contributed by atoms with van der Waals surface area (Å²) in [5.41, 5.74) is 4.16. The van der Waals surface area contributed by atoms with Crippen LogP contribution in [0.2, 0.25) is 0 Å². The molecule has 0 bridgehead atoms. The van der Waals surface area contributed by atoms with Gasteiger partial charge < -0.3 is 18.9 Å². The van der Waals surface area contributed by atoms with Gasteiger partial charge in [0.1, 0.15) is 23.0 Å². The Morgan fingerprint density at radius 3 is 1.24 bits per heavy atom. The molecule has 0 spiro atoms. The quantitative estimate of drug-likeness (QED) is 0.265. The van der Waals surface area contributed by atoms with Crippen molar-refractivity contribution in [2.45, 2.75) is 0 Å². The Morgan fingerprint density at radius 1 is 0.441 bits per heavy atom. The van der Waals surface area contributed by atoms with Crippen molar-refractivity contribution in [3.05, 3.63) is 95.1 Å². The lowest BCUT2D eigenvalue weighted by Crippen LogP contribution is -1.90. The first-order chi connectivity index (χ1) is 16.7. The largest absolute Gasteiger partial charge is 0.497 e. The first kappa shape index (κ1) is 23.0. The van der Waals surface area contributed by atoms with Crippen molar-refractivity contribution in [1.29, 1.82) is 0 Å². The number of ether oxygens (including phenoxy) is 4.